The predicted molar refractivity (Wildman–Crippen MR) is 105 cm³/mol. The highest BCUT2D eigenvalue weighted by molar-refractivity contribution is 7.12. The van der Waals surface area contributed by atoms with Crippen LogP contribution in [-0.2, 0) is 16.1 Å². The van der Waals surface area contributed by atoms with E-state index in [0.717, 1.165) is 16.9 Å². The summed E-state index contributed by atoms with van der Waals surface area (Å²) >= 11 is 1.44. The van der Waals surface area contributed by atoms with E-state index in [1.54, 1.807) is 0 Å². The maximum absolute atomic E-state index is 12.7. The first-order valence-electron chi connectivity index (χ1n) is 9.29. The topological polar surface area (TPSA) is 55.8 Å². The zero-order valence-corrected chi connectivity index (χ0v) is 16.6. The molecule has 0 spiro atoms. The zero-order valence-electron chi connectivity index (χ0n) is 15.8. The number of likely N-dealkylation sites (tertiary alicyclic amines) is 1. The van der Waals surface area contributed by atoms with E-state index < -0.39 is 0 Å². The number of aryl methyl sites for hydroxylation is 1. The molecule has 0 bridgehead atoms. The lowest BCUT2D eigenvalue weighted by molar-refractivity contribution is -0.149. The Morgan fingerprint density at radius 3 is 2.70 bits per heavy atom. The Labute approximate surface area is 163 Å². The summed E-state index contributed by atoms with van der Waals surface area (Å²) < 4.78 is 10.9. The van der Waals surface area contributed by atoms with E-state index in [1.165, 1.54) is 11.3 Å². The highest BCUT2D eigenvalue weighted by Crippen LogP contribution is 2.24. The second kappa shape index (κ2) is 9.04. The van der Waals surface area contributed by atoms with E-state index in [-0.39, 0.29) is 17.8 Å². The Morgan fingerprint density at radius 1 is 1.22 bits per heavy atom. The molecule has 1 aliphatic heterocycles. The largest absolute Gasteiger partial charge is 0.489 e. The van der Waals surface area contributed by atoms with Gasteiger partial charge >= 0.3 is 5.97 Å². The molecule has 0 atom stereocenters. The summed E-state index contributed by atoms with van der Waals surface area (Å²) in [5.41, 5.74) is 2.14. The van der Waals surface area contributed by atoms with Gasteiger partial charge in [-0.3, -0.25) is 9.59 Å². The number of carbonyl (C=O) groups excluding carboxylic acids is 2. The number of nitrogens with zero attached hydrogens (tertiary/aromatic N) is 1. The molecule has 144 valence electrons. The number of carbonyl (C=O) groups is 2. The molecule has 1 aromatic carbocycles. The molecular formula is C21H25NO4S. The highest BCUT2D eigenvalue weighted by Gasteiger charge is 2.29. The zero-order chi connectivity index (χ0) is 19.2. The van der Waals surface area contributed by atoms with Crippen molar-refractivity contribution >= 4 is 23.2 Å². The Morgan fingerprint density at radius 2 is 2.00 bits per heavy atom. The number of hydrogen-bond donors (Lipinski definition) is 0. The van der Waals surface area contributed by atoms with E-state index in [9.17, 15) is 9.59 Å². The van der Waals surface area contributed by atoms with Crippen LogP contribution < -0.4 is 4.74 Å². The maximum Gasteiger partial charge on any atom is 0.309 e. The number of hydrogen-bond acceptors (Lipinski definition) is 5. The van der Waals surface area contributed by atoms with Crippen molar-refractivity contribution in [3.05, 3.63) is 51.7 Å². The van der Waals surface area contributed by atoms with Crippen molar-refractivity contribution in [2.45, 2.75) is 33.3 Å². The van der Waals surface area contributed by atoms with Crippen LogP contribution in [0.2, 0.25) is 0 Å². The number of ether oxygens (including phenoxy) is 2. The van der Waals surface area contributed by atoms with Crippen molar-refractivity contribution in [2.75, 3.05) is 19.7 Å². The predicted octanol–water partition coefficient (Wildman–Crippen LogP) is 4.05. The standard InChI is InChI=1S/C21H25NO4S/c1-3-25-21(24)17-7-9-22(10-8-17)20(23)19-12-16(14-27-19)13-26-18-6-4-5-15(2)11-18/h4-6,11-12,14,17H,3,7-10,13H2,1-2H3. The minimum absolute atomic E-state index is 0.0316. The molecule has 27 heavy (non-hydrogen) atoms. The molecule has 0 radical (unpaired) electrons. The molecule has 0 unspecified atom stereocenters. The fourth-order valence-electron chi connectivity index (χ4n) is 3.17. The molecule has 5 nitrogen and oxygen atoms in total. The van der Waals surface area contributed by atoms with Crippen molar-refractivity contribution in [1.29, 1.82) is 0 Å². The van der Waals surface area contributed by atoms with E-state index in [2.05, 4.69) is 0 Å². The summed E-state index contributed by atoms with van der Waals surface area (Å²) in [4.78, 5) is 27.1. The Bertz CT molecular complexity index is 793. The van der Waals surface area contributed by atoms with Crippen molar-refractivity contribution in [1.82, 2.24) is 4.90 Å². The number of rotatable bonds is 6. The third-order valence-electron chi connectivity index (χ3n) is 4.66. The minimum Gasteiger partial charge on any atom is -0.489 e. The van der Waals surface area contributed by atoms with Crippen LogP contribution in [-0.4, -0.2) is 36.5 Å². The van der Waals surface area contributed by atoms with Gasteiger partial charge < -0.3 is 14.4 Å². The van der Waals surface area contributed by atoms with Gasteiger partial charge in [0.25, 0.3) is 5.91 Å². The lowest BCUT2D eigenvalue weighted by Crippen LogP contribution is -2.40. The third kappa shape index (κ3) is 5.10. The summed E-state index contributed by atoms with van der Waals surface area (Å²) in [5.74, 6) is 0.631. The van der Waals surface area contributed by atoms with Gasteiger partial charge in [0.1, 0.15) is 12.4 Å². The van der Waals surface area contributed by atoms with E-state index in [1.807, 2.05) is 54.5 Å². The number of piperidine rings is 1. The first-order valence-corrected chi connectivity index (χ1v) is 10.2. The van der Waals surface area contributed by atoms with Gasteiger partial charge in [0.15, 0.2) is 0 Å². The third-order valence-corrected chi connectivity index (χ3v) is 5.63. The quantitative estimate of drug-likeness (QED) is 0.702. The fourth-order valence-corrected chi connectivity index (χ4v) is 4.03. The monoisotopic (exact) mass is 387 g/mol. The molecule has 1 amide bonds. The molecule has 1 saturated heterocycles. The summed E-state index contributed by atoms with van der Waals surface area (Å²) in [6.45, 7) is 5.87. The minimum atomic E-state index is -0.142. The van der Waals surface area contributed by atoms with Crippen molar-refractivity contribution in [3.8, 4) is 5.75 Å². The van der Waals surface area contributed by atoms with E-state index in [4.69, 9.17) is 9.47 Å². The first-order chi connectivity index (χ1) is 13.1. The van der Waals surface area contributed by atoms with Crippen LogP contribution in [0.1, 0.15) is 40.6 Å². The van der Waals surface area contributed by atoms with E-state index in [0.29, 0.717) is 44.0 Å². The van der Waals surface area contributed by atoms with Gasteiger partial charge in [-0.15, -0.1) is 11.3 Å². The van der Waals surface area contributed by atoms with Gasteiger partial charge in [0, 0.05) is 18.7 Å². The van der Waals surface area contributed by atoms with Crippen LogP contribution in [0.4, 0.5) is 0 Å². The van der Waals surface area contributed by atoms with Crippen LogP contribution in [0.25, 0.3) is 0 Å². The van der Waals surface area contributed by atoms with Gasteiger partial charge in [0.2, 0.25) is 0 Å². The smallest absolute Gasteiger partial charge is 0.309 e. The summed E-state index contributed by atoms with van der Waals surface area (Å²) in [6, 6.07) is 9.82. The normalized spacial score (nSPS) is 14.8. The fraction of sp³-hybridized carbons (Fsp3) is 0.429. The average Bonchev–Trinajstić information content (AvgIpc) is 3.15. The number of thiophene rings is 1. The molecule has 6 heteroatoms. The van der Waals surface area contributed by atoms with Crippen molar-refractivity contribution in [2.24, 2.45) is 5.92 Å². The van der Waals surface area contributed by atoms with Crippen LogP contribution in [0.3, 0.4) is 0 Å². The van der Waals surface area contributed by atoms with Gasteiger partial charge in [-0.25, -0.2) is 0 Å². The number of amides is 1. The molecule has 1 aliphatic rings. The molecule has 3 rings (SSSR count). The first kappa shape index (κ1) is 19.4. The molecule has 0 saturated carbocycles. The van der Waals surface area contributed by atoms with Crippen LogP contribution in [0.15, 0.2) is 35.7 Å². The molecule has 0 aliphatic carbocycles. The molecule has 2 aromatic rings. The van der Waals surface area contributed by atoms with Crippen LogP contribution in [0, 0.1) is 12.8 Å². The molecule has 0 N–H and O–H groups in total. The lowest BCUT2D eigenvalue weighted by Gasteiger charge is -2.30. The second-order valence-electron chi connectivity index (χ2n) is 6.74. The number of esters is 1. The summed E-state index contributed by atoms with van der Waals surface area (Å²) in [7, 11) is 0. The number of benzene rings is 1. The Balaban J connectivity index is 1.52. The average molecular weight is 388 g/mol. The Kier molecular flexibility index (Phi) is 6.50. The van der Waals surface area contributed by atoms with E-state index >= 15 is 0 Å². The summed E-state index contributed by atoms with van der Waals surface area (Å²) in [6.07, 6.45) is 1.33. The summed E-state index contributed by atoms with van der Waals surface area (Å²) in [5, 5.41) is 1.97. The van der Waals surface area contributed by atoms with Gasteiger partial charge in [-0.1, -0.05) is 12.1 Å². The molecule has 1 fully saturated rings. The van der Waals surface area contributed by atoms with Crippen molar-refractivity contribution < 1.29 is 19.1 Å². The van der Waals surface area contributed by atoms with Crippen LogP contribution in [0.5, 0.6) is 5.75 Å². The Hall–Kier alpha value is -2.34. The lowest BCUT2D eigenvalue weighted by atomic mass is 9.97. The SMILES string of the molecule is CCOC(=O)C1CCN(C(=O)c2cc(COc3cccc(C)c3)cs2)CC1. The van der Waals surface area contributed by atoms with Crippen molar-refractivity contribution in [3.63, 3.8) is 0 Å². The van der Waals surface area contributed by atoms with Gasteiger partial charge in [-0.05, 0) is 55.8 Å². The van der Waals surface area contributed by atoms with Crippen LogP contribution >= 0.6 is 11.3 Å². The molecule has 2 heterocycles. The molecular weight excluding hydrogens is 362 g/mol. The molecule has 1 aromatic heterocycles. The van der Waals surface area contributed by atoms with Gasteiger partial charge in [-0.2, -0.15) is 0 Å². The van der Waals surface area contributed by atoms with Gasteiger partial charge in [0.05, 0.1) is 17.4 Å². The maximum atomic E-state index is 12.7. The second-order valence-corrected chi connectivity index (χ2v) is 7.65. The highest BCUT2D eigenvalue weighted by atomic mass is 32.1.